The first-order valence-electron chi connectivity index (χ1n) is 2.67. The summed E-state index contributed by atoms with van der Waals surface area (Å²) in [5, 5.41) is 0. The van der Waals surface area contributed by atoms with Crippen molar-refractivity contribution in [3.8, 4) is 0 Å². The zero-order valence-electron chi connectivity index (χ0n) is 5.74. The molecule has 0 spiro atoms. The second-order valence-electron chi connectivity index (χ2n) is 1.48. The molecule has 0 aliphatic heterocycles. The Balaban J connectivity index is 4.32. The minimum Gasteiger partial charge on any atom is -0.296 e. The van der Waals surface area contributed by atoms with Crippen LogP contribution >= 0.6 is 12.3 Å². The Hall–Kier alpha value is -0.775. The summed E-state index contributed by atoms with van der Waals surface area (Å²) in [6.45, 7) is 3.11. The first-order chi connectivity index (χ1) is 5.29. The fourth-order valence-corrected chi connectivity index (χ4v) is 0.647. The van der Waals surface area contributed by atoms with Gasteiger partial charge in [0.25, 0.3) is 0 Å². The molecule has 0 aromatic carbocycles. The lowest BCUT2D eigenvalue weighted by Gasteiger charge is -2.14. The van der Waals surface area contributed by atoms with Crippen LogP contribution in [0.25, 0.3) is 0 Å². The number of aliphatic imine (C=N–C) groups is 1. The first-order valence-corrected chi connectivity index (χ1v) is 3.35. The third-order valence-electron chi connectivity index (χ3n) is 0.881. The van der Waals surface area contributed by atoms with E-state index in [1.807, 2.05) is 0 Å². The van der Waals surface area contributed by atoms with Gasteiger partial charge in [-0.15, -0.1) is 3.89 Å². The maximum atomic E-state index is 11.9. The van der Waals surface area contributed by atoms with Crippen LogP contribution in [0.5, 0.6) is 0 Å². The number of nitrogens with zero attached hydrogens (tertiary/aromatic N) is 2. The van der Waals surface area contributed by atoms with E-state index in [0.717, 1.165) is 10.5 Å². The highest BCUT2D eigenvalue weighted by Gasteiger charge is 2.05. The Bertz CT molecular complexity index is 172. The molecule has 0 aromatic heterocycles. The van der Waals surface area contributed by atoms with Crippen LogP contribution in [0.1, 0.15) is 0 Å². The van der Waals surface area contributed by atoms with E-state index < -0.39 is 0 Å². The molecule has 0 aliphatic carbocycles. The summed E-state index contributed by atoms with van der Waals surface area (Å²) >= 11 is -0.136. The van der Waals surface area contributed by atoms with E-state index in [9.17, 15) is 8.68 Å². The SMILES string of the molecule is [B]CN(SF)/C(C=O)=C\N=C. The van der Waals surface area contributed by atoms with E-state index in [0.29, 0.717) is 6.29 Å². The lowest BCUT2D eigenvalue weighted by atomic mass is 10.1. The van der Waals surface area contributed by atoms with E-state index in [1.165, 1.54) is 0 Å². The van der Waals surface area contributed by atoms with Crippen molar-refractivity contribution in [2.45, 2.75) is 0 Å². The molecule has 0 N–H and O–H groups in total. The van der Waals surface area contributed by atoms with Crippen LogP contribution in [-0.4, -0.2) is 31.6 Å². The third kappa shape index (κ3) is 3.22. The van der Waals surface area contributed by atoms with Gasteiger partial charge in [0, 0.05) is 0 Å². The Morgan fingerprint density at radius 2 is 2.55 bits per heavy atom. The lowest BCUT2D eigenvalue weighted by molar-refractivity contribution is -0.105. The highest BCUT2D eigenvalue weighted by molar-refractivity contribution is 7.92. The van der Waals surface area contributed by atoms with E-state index >= 15 is 0 Å². The van der Waals surface area contributed by atoms with Crippen molar-refractivity contribution in [1.29, 1.82) is 0 Å². The molecule has 58 valence electrons. The lowest BCUT2D eigenvalue weighted by Crippen LogP contribution is -2.15. The van der Waals surface area contributed by atoms with Gasteiger partial charge in [0.2, 0.25) is 0 Å². The van der Waals surface area contributed by atoms with Crippen LogP contribution in [0.3, 0.4) is 0 Å². The maximum absolute atomic E-state index is 11.9. The average molecular weight is 172 g/mol. The first kappa shape index (κ1) is 10.2. The van der Waals surface area contributed by atoms with E-state index in [2.05, 4.69) is 11.7 Å². The number of rotatable bonds is 5. The predicted octanol–water partition coefficient (Wildman–Crippen LogP) is 0.688. The number of carbonyl (C=O) groups is 1. The van der Waals surface area contributed by atoms with Gasteiger partial charge in [-0.2, -0.15) is 0 Å². The molecule has 0 bridgehead atoms. The van der Waals surface area contributed by atoms with Gasteiger partial charge in [-0.1, -0.05) is 0 Å². The average Bonchev–Trinajstić information content (AvgIpc) is 2.05. The molecule has 6 heteroatoms. The highest BCUT2D eigenvalue weighted by atomic mass is 32.2. The van der Waals surface area contributed by atoms with E-state index in [4.69, 9.17) is 7.85 Å². The summed E-state index contributed by atoms with van der Waals surface area (Å²) < 4.78 is 12.9. The second kappa shape index (κ2) is 5.97. The summed E-state index contributed by atoms with van der Waals surface area (Å²) in [5.41, 5.74) is 0.0509. The topological polar surface area (TPSA) is 32.7 Å². The van der Waals surface area contributed by atoms with E-state index in [1.54, 1.807) is 0 Å². The number of hydrogen-bond donors (Lipinski definition) is 0. The number of hydrogen-bond acceptors (Lipinski definition) is 4. The Kier molecular flexibility index (Phi) is 5.55. The summed E-state index contributed by atoms with van der Waals surface area (Å²) in [4.78, 5) is 13.5. The predicted molar refractivity (Wildman–Crippen MR) is 44.9 cm³/mol. The van der Waals surface area contributed by atoms with Crippen LogP contribution in [0, 0.1) is 0 Å². The zero-order valence-corrected chi connectivity index (χ0v) is 6.55. The molecule has 11 heavy (non-hydrogen) atoms. The van der Waals surface area contributed by atoms with Crippen molar-refractivity contribution < 1.29 is 8.68 Å². The molecule has 0 rings (SSSR count). The normalized spacial score (nSPS) is 10.8. The van der Waals surface area contributed by atoms with Gasteiger partial charge >= 0.3 is 0 Å². The van der Waals surface area contributed by atoms with Crippen molar-refractivity contribution >= 4 is 33.2 Å². The smallest absolute Gasteiger partial charge is 0.168 e. The fraction of sp³-hybridized carbons (Fsp3) is 0.200. The van der Waals surface area contributed by atoms with Crippen LogP contribution in [0.15, 0.2) is 16.9 Å². The number of carbonyl (C=O) groups excluding carboxylic acids is 1. The minimum atomic E-state index is -0.136. The van der Waals surface area contributed by atoms with Crippen molar-refractivity contribution in [2.24, 2.45) is 4.99 Å². The Morgan fingerprint density at radius 3 is 2.82 bits per heavy atom. The summed E-state index contributed by atoms with van der Waals surface area (Å²) in [6, 6.07) is 0. The summed E-state index contributed by atoms with van der Waals surface area (Å²) in [6.07, 6.45) is 1.49. The van der Waals surface area contributed by atoms with Crippen LogP contribution in [-0.2, 0) is 4.79 Å². The molecule has 0 unspecified atom stereocenters. The third-order valence-corrected chi connectivity index (χ3v) is 1.41. The summed E-state index contributed by atoms with van der Waals surface area (Å²) in [7, 11) is 5.09. The van der Waals surface area contributed by atoms with Crippen molar-refractivity contribution in [3.63, 3.8) is 0 Å². The van der Waals surface area contributed by atoms with Gasteiger partial charge in [0.15, 0.2) is 18.6 Å². The van der Waals surface area contributed by atoms with Crippen molar-refractivity contribution in [3.05, 3.63) is 11.9 Å². The van der Waals surface area contributed by atoms with Crippen LogP contribution < -0.4 is 0 Å². The quantitative estimate of drug-likeness (QED) is 0.201. The van der Waals surface area contributed by atoms with Gasteiger partial charge in [-0.25, -0.2) is 0 Å². The van der Waals surface area contributed by atoms with E-state index in [-0.39, 0.29) is 24.5 Å². The van der Waals surface area contributed by atoms with Gasteiger partial charge in [0.1, 0.15) is 5.70 Å². The van der Waals surface area contributed by atoms with Gasteiger partial charge < -0.3 is 0 Å². The molecule has 3 nitrogen and oxygen atoms in total. The molecule has 0 heterocycles. The molecule has 0 aliphatic rings. The van der Waals surface area contributed by atoms with Crippen molar-refractivity contribution in [2.75, 3.05) is 6.44 Å². The Labute approximate surface area is 70.2 Å². The Morgan fingerprint density at radius 1 is 1.91 bits per heavy atom. The van der Waals surface area contributed by atoms with Gasteiger partial charge in [-0.05, 0) is 13.2 Å². The molecular weight excluding hydrogens is 166 g/mol. The molecule has 0 aromatic rings. The monoisotopic (exact) mass is 172 g/mol. The number of aldehydes is 1. The fourth-order valence-electron chi connectivity index (χ4n) is 0.421. The van der Waals surface area contributed by atoms with Crippen LogP contribution in [0.2, 0.25) is 0 Å². The molecule has 0 saturated carbocycles. The molecule has 0 atom stereocenters. The van der Waals surface area contributed by atoms with Gasteiger partial charge in [-0.3, -0.25) is 14.1 Å². The van der Waals surface area contributed by atoms with Crippen molar-refractivity contribution in [1.82, 2.24) is 4.31 Å². The second-order valence-corrected chi connectivity index (χ2v) is 2.06. The summed E-state index contributed by atoms with van der Waals surface area (Å²) in [5.74, 6) is 0. The highest BCUT2D eigenvalue weighted by Crippen LogP contribution is 2.15. The van der Waals surface area contributed by atoms with Crippen LogP contribution in [0.4, 0.5) is 3.89 Å². The number of allylic oxidation sites excluding steroid dienone is 1. The molecular formula is C5H6BFN2OS. The molecule has 0 fully saturated rings. The zero-order chi connectivity index (χ0) is 8.69. The largest absolute Gasteiger partial charge is 0.296 e. The molecule has 2 radical (unpaired) electrons. The molecule has 0 amide bonds. The minimum absolute atomic E-state index is 0.0509. The molecule has 0 saturated heterocycles. The maximum Gasteiger partial charge on any atom is 0.168 e. The standard InChI is InChI=1S/C5H6BFN2OS/c1-8-2-5(3-10)9(4-6)11-7/h2-3H,1,4H2/b5-2-. The van der Waals surface area contributed by atoms with Gasteiger partial charge in [0.05, 0.1) is 14.0 Å². The number of halogens is 1.